The van der Waals surface area contributed by atoms with E-state index in [4.69, 9.17) is 0 Å². The van der Waals surface area contributed by atoms with Crippen LogP contribution in [-0.4, -0.2) is 0 Å². The Labute approximate surface area is 101 Å². The molecular formula is C13H21Li. The van der Waals surface area contributed by atoms with Gasteiger partial charge in [0.2, 0.25) is 0 Å². The molecule has 0 N–H and O–H groups in total. The van der Waals surface area contributed by atoms with E-state index < -0.39 is 0 Å². The second-order valence-corrected chi connectivity index (χ2v) is 4.19. The Hall–Kier alpha value is -0.0526. The van der Waals surface area contributed by atoms with Crippen molar-refractivity contribution >= 4 is 0 Å². The quantitative estimate of drug-likeness (QED) is 0.454. The zero-order valence-corrected chi connectivity index (χ0v) is 10.1. The maximum absolute atomic E-state index is 2.34. The van der Waals surface area contributed by atoms with Gasteiger partial charge in [0, 0.05) is 0 Å². The molecule has 0 aromatic rings. The third-order valence-electron chi connectivity index (χ3n) is 3.07. The Balaban J connectivity index is 0.00000169. The average molecular weight is 184 g/mol. The van der Waals surface area contributed by atoms with Crippen LogP contribution in [0, 0.1) is 17.8 Å². The van der Waals surface area contributed by atoms with E-state index in [1.54, 1.807) is 0 Å². The van der Waals surface area contributed by atoms with Gasteiger partial charge in [0.1, 0.15) is 0 Å². The van der Waals surface area contributed by atoms with Crippen LogP contribution in [0.3, 0.4) is 0 Å². The van der Waals surface area contributed by atoms with Crippen molar-refractivity contribution in [3.8, 4) is 0 Å². The molecule has 1 rings (SSSR count). The van der Waals surface area contributed by atoms with Crippen LogP contribution in [0.1, 0.15) is 40.0 Å². The van der Waals surface area contributed by atoms with E-state index in [9.17, 15) is 0 Å². The molecule has 2 atom stereocenters. The molecule has 0 aliphatic heterocycles. The van der Waals surface area contributed by atoms with Crippen molar-refractivity contribution in [1.82, 2.24) is 0 Å². The molecule has 0 spiro atoms. The Morgan fingerprint density at radius 2 is 2.07 bits per heavy atom. The van der Waals surface area contributed by atoms with Crippen LogP contribution < -0.4 is 18.9 Å². The standard InChI is InChI=1S/C13H21.Li/c1-4-11(2)9-10-13-8-6-5-7-12(13)3;/h5-8,11,13H,4,9-10H2,1-3H3;/q-1;+1. The molecule has 0 aromatic heterocycles. The predicted molar refractivity (Wildman–Crippen MR) is 59.4 cm³/mol. The Morgan fingerprint density at radius 1 is 1.36 bits per heavy atom. The van der Waals surface area contributed by atoms with Crippen LogP contribution in [0.2, 0.25) is 0 Å². The molecule has 1 heteroatoms. The van der Waals surface area contributed by atoms with E-state index in [2.05, 4.69) is 45.1 Å². The van der Waals surface area contributed by atoms with Gasteiger partial charge < -0.3 is 0 Å². The van der Waals surface area contributed by atoms with Crippen molar-refractivity contribution < 1.29 is 18.9 Å². The SMILES string of the molecule is CCC(C)CCC1C=CC=C[C-]1C.[Li+]. The number of allylic oxidation sites excluding steroid dienone is 4. The van der Waals surface area contributed by atoms with Crippen LogP contribution in [0.5, 0.6) is 0 Å². The number of rotatable bonds is 4. The molecular weight excluding hydrogens is 163 g/mol. The molecule has 2 unspecified atom stereocenters. The van der Waals surface area contributed by atoms with Gasteiger partial charge in [-0.1, -0.05) is 39.0 Å². The molecule has 0 amide bonds. The molecule has 0 radical (unpaired) electrons. The fraction of sp³-hybridized carbons (Fsp3) is 0.615. The Morgan fingerprint density at radius 3 is 2.64 bits per heavy atom. The summed E-state index contributed by atoms with van der Waals surface area (Å²) in [5, 5.41) is 0. The summed E-state index contributed by atoms with van der Waals surface area (Å²) in [6.07, 6.45) is 12.9. The Bertz CT molecular complexity index is 193. The van der Waals surface area contributed by atoms with Gasteiger partial charge in [0.15, 0.2) is 0 Å². The maximum Gasteiger partial charge on any atom is 1.00 e. The molecule has 0 nitrogen and oxygen atoms in total. The largest absolute Gasteiger partial charge is 1.00 e. The predicted octanol–water partition coefficient (Wildman–Crippen LogP) is 1.15. The number of hydrogen-bond acceptors (Lipinski definition) is 0. The normalized spacial score (nSPS) is 21.9. The van der Waals surface area contributed by atoms with Crippen LogP contribution in [0.15, 0.2) is 24.3 Å². The van der Waals surface area contributed by atoms with E-state index in [1.807, 2.05) is 0 Å². The second kappa shape index (κ2) is 7.27. The number of hydrogen-bond donors (Lipinski definition) is 0. The van der Waals surface area contributed by atoms with Gasteiger partial charge in [0.25, 0.3) is 0 Å². The first-order valence-electron chi connectivity index (χ1n) is 5.42. The van der Waals surface area contributed by atoms with Gasteiger partial charge in [-0.3, -0.25) is 0 Å². The van der Waals surface area contributed by atoms with Gasteiger partial charge in [-0.2, -0.15) is 0 Å². The summed E-state index contributed by atoms with van der Waals surface area (Å²) >= 11 is 0. The first-order valence-corrected chi connectivity index (χ1v) is 5.42. The third-order valence-corrected chi connectivity index (χ3v) is 3.07. The first kappa shape index (κ1) is 13.9. The third kappa shape index (κ3) is 4.45. The summed E-state index contributed by atoms with van der Waals surface area (Å²) in [5.41, 5.74) is 0. The zero-order chi connectivity index (χ0) is 9.68. The van der Waals surface area contributed by atoms with E-state index in [-0.39, 0.29) is 18.9 Å². The van der Waals surface area contributed by atoms with Crippen molar-refractivity contribution in [3.63, 3.8) is 0 Å². The van der Waals surface area contributed by atoms with Crippen LogP contribution in [-0.2, 0) is 0 Å². The monoisotopic (exact) mass is 184 g/mol. The zero-order valence-electron chi connectivity index (χ0n) is 10.1. The summed E-state index contributed by atoms with van der Waals surface area (Å²) < 4.78 is 0. The molecule has 0 heterocycles. The second-order valence-electron chi connectivity index (χ2n) is 4.19. The van der Waals surface area contributed by atoms with Crippen molar-refractivity contribution in [2.75, 3.05) is 0 Å². The van der Waals surface area contributed by atoms with E-state index in [1.165, 1.54) is 25.2 Å². The minimum absolute atomic E-state index is 0. The molecule has 14 heavy (non-hydrogen) atoms. The molecule has 0 fully saturated rings. The summed E-state index contributed by atoms with van der Waals surface area (Å²) in [6, 6.07) is 0. The fourth-order valence-corrected chi connectivity index (χ4v) is 1.67. The maximum atomic E-state index is 2.34. The summed E-state index contributed by atoms with van der Waals surface area (Å²) in [6.45, 7) is 6.86. The molecule has 0 saturated heterocycles. The van der Waals surface area contributed by atoms with Crippen molar-refractivity contribution in [2.45, 2.75) is 40.0 Å². The average Bonchev–Trinajstić information content (AvgIpc) is 2.16. The minimum Gasteiger partial charge on any atom is -0.225 e. The van der Waals surface area contributed by atoms with E-state index >= 15 is 0 Å². The molecule has 1 aliphatic rings. The summed E-state index contributed by atoms with van der Waals surface area (Å²) in [5.74, 6) is 3.11. The van der Waals surface area contributed by atoms with Gasteiger partial charge >= 0.3 is 18.9 Å². The molecule has 0 bridgehead atoms. The topological polar surface area (TPSA) is 0 Å². The minimum atomic E-state index is 0. The smallest absolute Gasteiger partial charge is 0.225 e. The molecule has 0 saturated carbocycles. The van der Waals surface area contributed by atoms with Gasteiger partial charge in [-0.15, -0.1) is 19.1 Å². The molecule has 74 valence electrons. The van der Waals surface area contributed by atoms with Gasteiger partial charge in [-0.25, -0.2) is 18.1 Å². The van der Waals surface area contributed by atoms with Gasteiger partial charge in [0.05, 0.1) is 0 Å². The van der Waals surface area contributed by atoms with Crippen molar-refractivity contribution in [3.05, 3.63) is 30.2 Å². The molecule has 1 aliphatic carbocycles. The summed E-state index contributed by atoms with van der Waals surface area (Å²) in [4.78, 5) is 0. The van der Waals surface area contributed by atoms with E-state index in [0.717, 1.165) is 5.92 Å². The van der Waals surface area contributed by atoms with Crippen molar-refractivity contribution in [2.24, 2.45) is 11.8 Å². The summed E-state index contributed by atoms with van der Waals surface area (Å²) in [7, 11) is 0. The fourth-order valence-electron chi connectivity index (χ4n) is 1.67. The van der Waals surface area contributed by atoms with Crippen LogP contribution >= 0.6 is 0 Å². The van der Waals surface area contributed by atoms with Gasteiger partial charge in [-0.05, 0) is 5.92 Å². The van der Waals surface area contributed by atoms with Crippen LogP contribution in [0.25, 0.3) is 0 Å². The van der Waals surface area contributed by atoms with E-state index in [0.29, 0.717) is 5.92 Å². The first-order chi connectivity index (χ1) is 6.24. The Kier molecular flexibility index (Phi) is 7.24. The van der Waals surface area contributed by atoms with Crippen LogP contribution in [0.4, 0.5) is 0 Å². The molecule has 0 aromatic carbocycles. The van der Waals surface area contributed by atoms with Crippen molar-refractivity contribution in [1.29, 1.82) is 0 Å².